The molecule has 1 aromatic carbocycles. The zero-order valence-corrected chi connectivity index (χ0v) is 22.6. The van der Waals surface area contributed by atoms with Crippen LogP contribution in [0.25, 0.3) is 22.7 Å². The van der Waals surface area contributed by atoms with E-state index in [-0.39, 0.29) is 17.8 Å². The predicted octanol–water partition coefficient (Wildman–Crippen LogP) is 5.51. The zero-order valence-electron chi connectivity index (χ0n) is 19.4. The van der Waals surface area contributed by atoms with Crippen molar-refractivity contribution in [2.45, 2.75) is 32.0 Å². The van der Waals surface area contributed by atoms with Gasteiger partial charge in [0.2, 0.25) is 0 Å². The number of aromatic nitrogens is 3. The summed E-state index contributed by atoms with van der Waals surface area (Å²) in [5, 5.41) is 23.3. The summed E-state index contributed by atoms with van der Waals surface area (Å²) in [7, 11) is 2.03. The second-order valence-corrected chi connectivity index (χ2v) is 12.9. The van der Waals surface area contributed by atoms with Gasteiger partial charge in [0.1, 0.15) is 16.6 Å². The number of thiazole rings is 1. The van der Waals surface area contributed by atoms with E-state index in [0.29, 0.717) is 6.61 Å². The minimum Gasteiger partial charge on any atom is -0.493 e. The van der Waals surface area contributed by atoms with Crippen LogP contribution in [0.3, 0.4) is 0 Å². The summed E-state index contributed by atoms with van der Waals surface area (Å²) in [5.41, 5.74) is 3.89. The summed E-state index contributed by atoms with van der Waals surface area (Å²) in [6.07, 6.45) is 2.78. The van der Waals surface area contributed by atoms with Gasteiger partial charge in [0, 0.05) is 29.1 Å². The van der Waals surface area contributed by atoms with Gasteiger partial charge in [-0.25, -0.2) is 9.97 Å². The van der Waals surface area contributed by atoms with E-state index >= 15 is 0 Å². The third-order valence-corrected chi connectivity index (χ3v) is 9.91. The molecule has 2 N–H and O–H groups in total. The summed E-state index contributed by atoms with van der Waals surface area (Å²) in [5.74, 6) is 2.27. The van der Waals surface area contributed by atoms with Gasteiger partial charge < -0.3 is 19.5 Å². The Morgan fingerprint density at radius 3 is 2.74 bits per heavy atom. The Morgan fingerprint density at radius 1 is 1.20 bits per heavy atom. The average Bonchev–Trinajstić information content (AvgIpc) is 3.65. The SMILES string of the molecule is Cc1csc(/C(=C\c2ccc(Br)s2)c2nc3ccc(OC[C@H]4C[C@@H]5C[C@H]4[C@@H](O)[C@H]5O)cc3n2C)n1. The van der Waals surface area contributed by atoms with E-state index in [0.717, 1.165) is 60.4 Å². The molecule has 2 fully saturated rings. The minimum absolute atomic E-state index is 0.133. The maximum atomic E-state index is 10.3. The highest BCUT2D eigenvalue weighted by molar-refractivity contribution is 9.11. The Kier molecular flexibility index (Phi) is 6.09. The largest absolute Gasteiger partial charge is 0.493 e. The number of halogens is 1. The number of thiophene rings is 1. The summed E-state index contributed by atoms with van der Waals surface area (Å²) < 4.78 is 9.37. The lowest BCUT2D eigenvalue weighted by atomic mass is 9.85. The van der Waals surface area contributed by atoms with Crippen LogP contribution in [0.1, 0.15) is 34.2 Å². The van der Waals surface area contributed by atoms with Gasteiger partial charge in [0.15, 0.2) is 0 Å². The summed E-state index contributed by atoms with van der Waals surface area (Å²) in [6, 6.07) is 10.1. The van der Waals surface area contributed by atoms with Crippen LogP contribution in [0.5, 0.6) is 5.75 Å². The molecule has 0 amide bonds. The number of fused-ring (bicyclic) bond motifs is 3. The molecule has 0 spiro atoms. The van der Waals surface area contributed by atoms with Crippen molar-refractivity contribution in [2.75, 3.05) is 6.61 Å². The van der Waals surface area contributed by atoms with Gasteiger partial charge in [0.25, 0.3) is 0 Å². The van der Waals surface area contributed by atoms with Crippen molar-refractivity contribution in [3.05, 3.63) is 60.9 Å². The smallest absolute Gasteiger partial charge is 0.143 e. The van der Waals surface area contributed by atoms with Crippen molar-refractivity contribution >= 4 is 61.3 Å². The summed E-state index contributed by atoms with van der Waals surface area (Å²) in [6.45, 7) is 2.56. The lowest BCUT2D eigenvalue weighted by Crippen LogP contribution is -2.38. The van der Waals surface area contributed by atoms with E-state index in [4.69, 9.17) is 14.7 Å². The highest BCUT2D eigenvalue weighted by atomic mass is 79.9. The zero-order chi connectivity index (χ0) is 24.3. The molecular formula is C26H26BrN3O3S2. The Bertz CT molecular complexity index is 1420. The van der Waals surface area contributed by atoms with Gasteiger partial charge in [-0.3, -0.25) is 0 Å². The molecule has 2 bridgehead atoms. The molecule has 0 unspecified atom stereocenters. The molecule has 2 aliphatic carbocycles. The van der Waals surface area contributed by atoms with E-state index in [1.54, 1.807) is 22.7 Å². The fraction of sp³-hybridized carbons (Fsp3) is 0.385. The Balaban J connectivity index is 1.30. The molecule has 9 heteroatoms. The van der Waals surface area contributed by atoms with E-state index in [1.807, 2.05) is 32.2 Å². The molecule has 2 saturated carbocycles. The van der Waals surface area contributed by atoms with Gasteiger partial charge >= 0.3 is 0 Å². The van der Waals surface area contributed by atoms with E-state index in [2.05, 4.69) is 44.1 Å². The first-order chi connectivity index (χ1) is 16.9. The fourth-order valence-electron chi connectivity index (χ4n) is 5.57. The Morgan fingerprint density at radius 2 is 2.06 bits per heavy atom. The van der Waals surface area contributed by atoms with Gasteiger partial charge in [-0.05, 0) is 83.8 Å². The molecule has 182 valence electrons. The van der Waals surface area contributed by atoms with E-state index in [9.17, 15) is 10.2 Å². The Hall–Kier alpha value is -2.04. The third-order valence-electron chi connectivity index (χ3n) is 7.34. The number of imidazole rings is 1. The quantitative estimate of drug-likeness (QED) is 0.319. The normalized spacial score (nSPS) is 26.2. The van der Waals surface area contributed by atoms with Gasteiger partial charge in [-0.1, -0.05) is 0 Å². The van der Waals surface area contributed by atoms with Crippen molar-refractivity contribution in [1.29, 1.82) is 0 Å². The van der Waals surface area contributed by atoms with Crippen molar-refractivity contribution < 1.29 is 14.9 Å². The minimum atomic E-state index is -0.617. The highest BCUT2D eigenvalue weighted by Crippen LogP contribution is 2.48. The molecule has 3 aromatic heterocycles. The van der Waals surface area contributed by atoms with Crippen molar-refractivity contribution in [2.24, 2.45) is 24.8 Å². The van der Waals surface area contributed by atoms with Crippen LogP contribution in [0, 0.1) is 24.7 Å². The standard InChI is InChI=1S/C26H26BrN3O3S2/c1-13-12-34-26(28-13)19(10-17-4-6-22(27)35-17)25-29-20-5-3-16(9-21(20)30(25)2)33-11-15-7-14-8-18(15)24(32)23(14)31/h3-6,9-10,12,14-15,18,23-24,31-32H,7-8,11H2,1-2H3/b19-10-/t14-,15-,18-,23+,24-/m1/s1. The van der Waals surface area contributed by atoms with Gasteiger partial charge in [-0.15, -0.1) is 22.7 Å². The van der Waals surface area contributed by atoms with Crippen LogP contribution in [-0.4, -0.2) is 43.6 Å². The van der Waals surface area contributed by atoms with Crippen molar-refractivity contribution in [3.63, 3.8) is 0 Å². The Labute approximate surface area is 220 Å². The first-order valence-electron chi connectivity index (χ1n) is 11.7. The predicted molar refractivity (Wildman–Crippen MR) is 144 cm³/mol. The monoisotopic (exact) mass is 571 g/mol. The molecule has 0 radical (unpaired) electrons. The molecule has 5 atom stereocenters. The summed E-state index contributed by atoms with van der Waals surface area (Å²) in [4.78, 5) is 10.9. The number of hydrogen-bond donors (Lipinski definition) is 2. The van der Waals surface area contributed by atoms with Crippen LogP contribution in [0.4, 0.5) is 0 Å². The van der Waals surface area contributed by atoms with Gasteiger partial charge in [-0.2, -0.15) is 0 Å². The maximum absolute atomic E-state index is 10.3. The van der Waals surface area contributed by atoms with Crippen molar-refractivity contribution in [1.82, 2.24) is 14.5 Å². The second-order valence-electron chi connectivity index (χ2n) is 9.59. The van der Waals surface area contributed by atoms with E-state index < -0.39 is 12.2 Å². The van der Waals surface area contributed by atoms with Crippen LogP contribution in [0.15, 0.2) is 39.5 Å². The van der Waals surface area contributed by atoms with Crippen LogP contribution in [-0.2, 0) is 7.05 Å². The molecule has 0 aliphatic heterocycles. The number of benzene rings is 1. The number of ether oxygens (including phenoxy) is 1. The lowest BCUT2D eigenvalue weighted by Gasteiger charge is -2.29. The second kappa shape index (κ2) is 9.12. The van der Waals surface area contributed by atoms with Crippen LogP contribution >= 0.6 is 38.6 Å². The van der Waals surface area contributed by atoms with Crippen LogP contribution < -0.4 is 4.74 Å². The van der Waals surface area contributed by atoms with E-state index in [1.165, 1.54) is 0 Å². The number of nitrogens with zero attached hydrogens (tertiary/aromatic N) is 3. The molecule has 6 nitrogen and oxygen atoms in total. The third kappa shape index (κ3) is 4.27. The molecule has 0 saturated heterocycles. The first kappa shape index (κ1) is 23.4. The molecule has 4 aromatic rings. The van der Waals surface area contributed by atoms with Crippen LogP contribution in [0.2, 0.25) is 0 Å². The molecule has 35 heavy (non-hydrogen) atoms. The van der Waals surface area contributed by atoms with Crippen molar-refractivity contribution in [3.8, 4) is 5.75 Å². The number of aliphatic hydroxyl groups is 2. The highest BCUT2D eigenvalue weighted by Gasteiger charge is 2.51. The fourth-order valence-corrected chi connectivity index (χ4v) is 7.75. The number of hydrogen-bond acceptors (Lipinski definition) is 7. The topological polar surface area (TPSA) is 80.4 Å². The van der Waals surface area contributed by atoms with Gasteiger partial charge in [0.05, 0.1) is 39.2 Å². The molecule has 2 aliphatic rings. The number of rotatable bonds is 6. The summed E-state index contributed by atoms with van der Waals surface area (Å²) >= 11 is 6.86. The average molecular weight is 573 g/mol. The number of aliphatic hydroxyl groups excluding tert-OH is 2. The number of aryl methyl sites for hydroxylation is 2. The lowest BCUT2D eigenvalue weighted by molar-refractivity contribution is -0.0402. The first-order valence-corrected chi connectivity index (χ1v) is 14.2. The molecular weight excluding hydrogens is 546 g/mol. The molecule has 3 heterocycles. The molecule has 6 rings (SSSR count). The maximum Gasteiger partial charge on any atom is 0.143 e.